The maximum atomic E-state index is 16.2. The van der Waals surface area contributed by atoms with Crippen LogP contribution in [0.2, 0.25) is 10.0 Å². The van der Waals surface area contributed by atoms with Crippen LogP contribution < -0.4 is 74.2 Å². The summed E-state index contributed by atoms with van der Waals surface area (Å²) in [6, 6.07) is 2.71. The molecule has 6 amide bonds. The van der Waals surface area contributed by atoms with Crippen LogP contribution in [0.15, 0.2) is 94.9 Å². The number of nitrogens with zero attached hydrogens (tertiary/aromatic N) is 1. The van der Waals surface area contributed by atoms with Crippen molar-refractivity contribution in [3.63, 3.8) is 0 Å². The molecule has 11 bridgehead atoms. The van der Waals surface area contributed by atoms with Crippen molar-refractivity contribution in [3.05, 3.63) is 133 Å². The maximum Gasteiger partial charge on any atom is 0.330 e. The van der Waals surface area contributed by atoms with Gasteiger partial charge in [-0.05, 0) is 110 Å². The first-order valence-corrected chi connectivity index (χ1v) is 36.2. The number of hydrogen-bond donors (Lipinski definition) is 20. The number of carbonyl (C=O) groups is 7. The number of aliphatic hydroxyl groups is 5. The van der Waals surface area contributed by atoms with Crippen LogP contribution in [0.4, 0.5) is 5.82 Å². The van der Waals surface area contributed by atoms with Gasteiger partial charge in [0.1, 0.15) is 83.1 Å². The zero-order valence-electron chi connectivity index (χ0n) is 59.2. The fourth-order valence-corrected chi connectivity index (χ4v) is 14.7. The van der Waals surface area contributed by atoms with E-state index in [1.807, 2.05) is 13.8 Å². The number of aromatic hydroxyl groups is 3. The van der Waals surface area contributed by atoms with Crippen LogP contribution >= 0.6 is 35.0 Å². The predicted molar refractivity (Wildman–Crippen MR) is 388 cm³/mol. The van der Waals surface area contributed by atoms with E-state index in [0.717, 1.165) is 60.3 Å². The van der Waals surface area contributed by atoms with Crippen molar-refractivity contribution in [1.29, 1.82) is 0 Å². The molecule has 36 nitrogen and oxygen atoms in total. The zero-order chi connectivity index (χ0) is 79.6. The lowest BCUT2D eigenvalue weighted by Crippen LogP contribution is -2.64. The second-order valence-electron chi connectivity index (χ2n) is 27.6. The molecule has 0 radical (unpaired) electrons. The summed E-state index contributed by atoms with van der Waals surface area (Å²) >= 11 is 15.1. The number of nitrogen functional groups attached to an aromatic ring is 1. The van der Waals surface area contributed by atoms with Gasteiger partial charge in [0.15, 0.2) is 35.1 Å². The number of aromatic nitrogens is 2. The van der Waals surface area contributed by atoms with Gasteiger partial charge in [-0.25, -0.2) is 9.78 Å². The Morgan fingerprint density at radius 1 is 0.773 bits per heavy atom. The van der Waals surface area contributed by atoms with Crippen molar-refractivity contribution in [2.45, 2.75) is 161 Å². The van der Waals surface area contributed by atoms with Gasteiger partial charge >= 0.3 is 5.97 Å². The van der Waals surface area contributed by atoms with E-state index < -0.39 is 227 Å². The molecule has 5 aromatic carbocycles. The van der Waals surface area contributed by atoms with Gasteiger partial charge in [0.25, 0.3) is 5.56 Å². The first-order valence-electron chi connectivity index (χ1n) is 34.4. The molecule has 2 fully saturated rings. The Balaban J connectivity index is 1.16. The third-order valence-corrected chi connectivity index (χ3v) is 20.5. The highest BCUT2D eigenvalue weighted by atomic mass is 35.5. The number of anilines is 1. The number of thioether (sulfide) groups is 1. The van der Waals surface area contributed by atoms with Crippen molar-refractivity contribution in [2.75, 3.05) is 31.9 Å². The summed E-state index contributed by atoms with van der Waals surface area (Å²) in [5.74, 6) is -14.1. The first-order chi connectivity index (χ1) is 52.1. The minimum Gasteiger partial charge on any atom is -0.508 e. The lowest BCUT2D eigenvalue weighted by Gasteiger charge is -2.47. The smallest absolute Gasteiger partial charge is 0.330 e. The Bertz CT molecular complexity index is 4580. The average molecular weight is 1590 g/mol. The first kappa shape index (κ1) is 81.3. The fourth-order valence-electron chi connectivity index (χ4n) is 13.3. The molecule has 23 N–H and O–H groups in total. The summed E-state index contributed by atoms with van der Waals surface area (Å²) in [4.78, 5) is 122. The number of fused-ring (bicyclic) bond motifs is 15. The van der Waals surface area contributed by atoms with Gasteiger partial charge in [-0.15, -0.1) is 0 Å². The largest absolute Gasteiger partial charge is 0.508 e. The predicted octanol–water partition coefficient (Wildman–Crippen LogP) is 1.02. The van der Waals surface area contributed by atoms with Crippen molar-refractivity contribution >= 4 is 82.2 Å². The maximum absolute atomic E-state index is 16.2. The number of carbonyl (C=O) groups excluding carboxylic acids is 6. The lowest BCUT2D eigenvalue weighted by atomic mass is 9.86. The Hall–Kier alpha value is -9.68. The average Bonchev–Trinajstić information content (AvgIpc) is 0.766. The van der Waals surface area contributed by atoms with Crippen LogP contribution in [-0.2, 0) is 52.5 Å². The highest BCUT2D eigenvalue weighted by Gasteiger charge is 2.52. The molecular weight excluding hydrogens is 1510 g/mol. The zero-order valence-corrected chi connectivity index (χ0v) is 61.5. The van der Waals surface area contributed by atoms with Gasteiger partial charge in [0, 0.05) is 46.5 Å². The third-order valence-electron chi connectivity index (χ3n) is 18.9. The Labute approximate surface area is 639 Å². The van der Waals surface area contributed by atoms with E-state index in [9.17, 15) is 74.7 Å². The highest BCUT2D eigenvalue weighted by Crippen LogP contribution is 2.50. The van der Waals surface area contributed by atoms with Gasteiger partial charge in [0.05, 0.1) is 60.2 Å². The fraction of sp³-hybridized carbons (Fsp3) is 0.423. The number of primary amides is 1. The van der Waals surface area contributed by atoms with Crippen molar-refractivity contribution in [2.24, 2.45) is 17.4 Å². The summed E-state index contributed by atoms with van der Waals surface area (Å²) in [5.41, 5.74) is 14.2. The summed E-state index contributed by atoms with van der Waals surface area (Å²) in [5, 5.41) is 123. The standard InChI is InChI=1S/C71H82Cl2N12O24S/c1-26(2)12-37(77-5)63(96)85-55-57(92)30-8-11-43(36(73)15-30)106-45-17-31-16-44(60(45)109-69-61(108-50-22-71(4,76)62(95)27(3)104-50)59(94)58(93)46(107-69)24-110-70-81-47(74)21-49(90)82-70)105-42-10-7-29(14-35(42)72)56(91)54-66(99)84-53(68(101)102)34-18-32(86)19-41(88)51(34)33-13-28(6-9-40(33)87)39(23-103-25-78-54)80-65(98)52(31)83-64(97)38(20-48(75)89)79-67(55)100/h6-11,13-19,21,26-27,37-39,46,50,52-59,61-62,69,77-78,86-88,91-95H,12,20,22-25,76H2,1-5H3,(H2,75,89)(H,79,100)(H,80,98)(H,83,97)(H,84,99)(H,85,96)(H,101,102)(H3,74,81,82,90)/t27?,37-,38-,39-,46?,50?,52+,53?,54-,55+,56+,57+,58?,59?,61?,62?,69?,71?/m0/s1. The number of nitrogens with two attached hydrogens (primary N) is 3. The molecule has 0 aliphatic carbocycles. The van der Waals surface area contributed by atoms with E-state index in [4.69, 9.17) is 73.6 Å². The molecule has 0 saturated carbocycles. The number of hydrogen-bond acceptors (Lipinski definition) is 29. The molecule has 7 aliphatic heterocycles. The second kappa shape index (κ2) is 33.9. The summed E-state index contributed by atoms with van der Waals surface area (Å²) < 4.78 is 45.7. The summed E-state index contributed by atoms with van der Waals surface area (Å²) in [6.07, 6.45) is -18.2. The monoisotopic (exact) mass is 1590 g/mol. The van der Waals surface area contributed by atoms with E-state index in [1.165, 1.54) is 57.3 Å². The molecular formula is C71H82Cl2N12O24S. The molecule has 6 aromatic rings. The number of benzene rings is 5. The molecule has 39 heteroatoms. The molecule has 1 aromatic heterocycles. The van der Waals surface area contributed by atoms with Gasteiger partial charge in [-0.3, -0.25) is 38.9 Å². The number of phenolic OH excluding ortho intramolecular Hbond substituents is 3. The number of H-pyrrole nitrogens is 1. The van der Waals surface area contributed by atoms with Crippen LogP contribution in [-0.4, -0.2) is 202 Å². The quantitative estimate of drug-likeness (QED) is 0.0504. The lowest BCUT2D eigenvalue weighted by molar-refractivity contribution is -0.329. The number of rotatable bonds is 15. The number of carboxylic acids is 1. The van der Waals surface area contributed by atoms with Crippen LogP contribution in [0, 0.1) is 5.92 Å². The van der Waals surface area contributed by atoms with Gasteiger partial charge in [0.2, 0.25) is 47.5 Å². The summed E-state index contributed by atoms with van der Waals surface area (Å²) in [7, 11) is 1.49. The molecule has 110 heavy (non-hydrogen) atoms. The van der Waals surface area contributed by atoms with Crippen LogP contribution in [0.1, 0.15) is 105 Å². The van der Waals surface area contributed by atoms with Crippen LogP contribution in [0.25, 0.3) is 11.1 Å². The molecule has 13 rings (SSSR count). The number of phenols is 3. The number of nitrogens with one attached hydrogen (secondary N) is 8. The molecule has 2 saturated heterocycles. The molecule has 590 valence electrons. The Kier molecular flexibility index (Phi) is 25.1. The molecule has 7 aliphatic rings. The van der Waals surface area contributed by atoms with Crippen molar-refractivity contribution < 1.29 is 113 Å². The highest BCUT2D eigenvalue weighted by molar-refractivity contribution is 7.99. The van der Waals surface area contributed by atoms with Gasteiger partial charge in [-0.2, -0.15) is 0 Å². The second-order valence-corrected chi connectivity index (χ2v) is 29.5. The molecule has 0 spiro atoms. The number of carboxylic acid groups (broad SMARTS) is 1. The van der Waals surface area contributed by atoms with E-state index in [1.54, 1.807) is 0 Å². The van der Waals surface area contributed by atoms with Crippen LogP contribution in [0.3, 0.4) is 0 Å². The molecule has 8 heterocycles. The number of aliphatic hydroxyl groups excluding tert-OH is 5. The van der Waals surface area contributed by atoms with Crippen molar-refractivity contribution in [3.8, 4) is 57.1 Å². The minimum atomic E-state index is -2.21. The number of halogens is 2. The third kappa shape index (κ3) is 18.2. The Morgan fingerprint density at radius 2 is 1.44 bits per heavy atom. The summed E-state index contributed by atoms with van der Waals surface area (Å²) in [6.45, 7) is 5.33. The normalized spacial score (nSPS) is 28.2. The van der Waals surface area contributed by atoms with Gasteiger partial charge in [-0.1, -0.05) is 67.0 Å². The van der Waals surface area contributed by atoms with E-state index in [-0.39, 0.29) is 79.8 Å². The number of ether oxygens (including phenoxy) is 7. The number of aliphatic carboxylic acids is 1. The minimum absolute atomic E-state index is 0.0161. The number of likely N-dealkylation sites (N-methyl/N-ethyl adjacent to an activating group) is 1. The van der Waals surface area contributed by atoms with Crippen molar-refractivity contribution in [1.82, 2.24) is 47.2 Å². The Morgan fingerprint density at radius 3 is 2.05 bits per heavy atom. The number of amides is 6. The van der Waals surface area contributed by atoms with E-state index in [0.29, 0.717) is 0 Å². The van der Waals surface area contributed by atoms with E-state index in [2.05, 4.69) is 47.2 Å². The van der Waals surface area contributed by atoms with Gasteiger partial charge < -0.3 is 133 Å². The molecule has 18 atom stereocenters. The molecule has 10 unspecified atom stereocenters. The van der Waals surface area contributed by atoms with E-state index >= 15 is 9.59 Å². The SMILES string of the molecule is CN[C@@H](CC(C)C)C(=O)N[C@H]1C(=O)N[C@@H](CC(N)=O)C(=O)N[C@H]2C(=O)N[C@H]3COCN[C@H](C(=O)NC(C(=O)O)c4cc(O)cc(O)c4-c4cc3ccc4O)[C@H](O)c3ccc(c(Cl)c3)Oc3cc2cc(c3OC2OC(CSc3nc(N)cc(=O)[nH]3)C(O)C(O)C2OC2CC(C)(N)C(O)C(C)O2)Oc2ccc(cc2Cl)[C@H]1O. The van der Waals surface area contributed by atoms with Crippen LogP contribution in [0.5, 0.6) is 46.0 Å². The number of aromatic amines is 1. The topological polar surface area (TPSA) is 574 Å².